The van der Waals surface area contributed by atoms with Crippen molar-refractivity contribution in [2.75, 3.05) is 18.9 Å². The Morgan fingerprint density at radius 1 is 1.50 bits per heavy atom. The van der Waals surface area contributed by atoms with Gasteiger partial charge in [-0.2, -0.15) is 0 Å². The second-order valence-electron chi connectivity index (χ2n) is 5.11. The van der Waals surface area contributed by atoms with E-state index in [0.29, 0.717) is 19.4 Å². The van der Waals surface area contributed by atoms with E-state index in [0.717, 1.165) is 5.56 Å². The fourth-order valence-corrected chi connectivity index (χ4v) is 3.23. The number of rotatable bonds is 6. The second kappa shape index (κ2) is 6.17. The van der Waals surface area contributed by atoms with Crippen molar-refractivity contribution in [1.29, 1.82) is 0 Å². The van der Waals surface area contributed by atoms with Crippen molar-refractivity contribution < 1.29 is 18.3 Å². The predicted molar refractivity (Wildman–Crippen MR) is 74.7 cm³/mol. The molecule has 0 spiro atoms. The van der Waals surface area contributed by atoms with Crippen molar-refractivity contribution in [3.05, 3.63) is 30.1 Å². The van der Waals surface area contributed by atoms with E-state index in [9.17, 15) is 13.5 Å². The first-order chi connectivity index (χ1) is 9.41. The summed E-state index contributed by atoms with van der Waals surface area (Å²) in [7, 11) is -3.41. The summed E-state index contributed by atoms with van der Waals surface area (Å²) in [5.41, 5.74) is -0.189. The predicted octanol–water partition coefficient (Wildman–Crippen LogP) is 0.0834. The fourth-order valence-electron chi connectivity index (χ4n) is 2.11. The van der Waals surface area contributed by atoms with Gasteiger partial charge in [-0.05, 0) is 31.0 Å². The number of aromatic nitrogens is 1. The lowest BCUT2D eigenvalue weighted by molar-refractivity contribution is -0.0228. The molecule has 1 aromatic rings. The molecule has 0 radical (unpaired) electrons. The maximum absolute atomic E-state index is 11.9. The van der Waals surface area contributed by atoms with Gasteiger partial charge in [-0.1, -0.05) is 0 Å². The first kappa shape index (κ1) is 15.4. The molecule has 20 heavy (non-hydrogen) atoms. The molecule has 2 rings (SSSR count). The molecule has 1 fully saturated rings. The van der Waals surface area contributed by atoms with Gasteiger partial charge in [0, 0.05) is 32.0 Å². The molecular weight excluding hydrogens is 280 g/mol. The van der Waals surface area contributed by atoms with Crippen LogP contribution in [0.5, 0.6) is 0 Å². The van der Waals surface area contributed by atoms with Crippen LogP contribution in [-0.2, 0) is 21.2 Å². The highest BCUT2D eigenvalue weighted by atomic mass is 32.2. The normalized spacial score (nSPS) is 26.8. The lowest BCUT2D eigenvalue weighted by Gasteiger charge is -2.26. The van der Waals surface area contributed by atoms with E-state index in [1.807, 2.05) is 0 Å². The van der Waals surface area contributed by atoms with Crippen LogP contribution < -0.4 is 4.72 Å². The Labute approximate surface area is 119 Å². The molecule has 1 aliphatic heterocycles. The van der Waals surface area contributed by atoms with Crippen molar-refractivity contribution in [1.82, 2.24) is 9.71 Å². The van der Waals surface area contributed by atoms with E-state index in [2.05, 4.69) is 9.71 Å². The molecule has 0 amide bonds. The zero-order chi connectivity index (χ0) is 14.6. The van der Waals surface area contributed by atoms with E-state index < -0.39 is 15.6 Å². The lowest BCUT2D eigenvalue weighted by Crippen LogP contribution is -2.48. The number of sulfonamides is 1. The smallest absolute Gasteiger partial charge is 0.212 e. The van der Waals surface area contributed by atoms with Crippen LogP contribution in [0.4, 0.5) is 0 Å². The zero-order valence-electron chi connectivity index (χ0n) is 11.4. The topological polar surface area (TPSA) is 88.5 Å². The third kappa shape index (κ3) is 3.99. The first-order valence-corrected chi connectivity index (χ1v) is 8.27. The Bertz CT molecular complexity index is 535. The Morgan fingerprint density at radius 2 is 2.20 bits per heavy atom. The van der Waals surface area contributed by atoms with Gasteiger partial charge < -0.3 is 9.84 Å². The van der Waals surface area contributed by atoms with Gasteiger partial charge >= 0.3 is 0 Å². The molecule has 0 aromatic carbocycles. The summed E-state index contributed by atoms with van der Waals surface area (Å²) in [6.45, 7) is 2.20. The van der Waals surface area contributed by atoms with Crippen molar-refractivity contribution >= 4 is 10.0 Å². The molecule has 1 aliphatic rings. The number of hydrogen-bond donors (Lipinski definition) is 2. The summed E-state index contributed by atoms with van der Waals surface area (Å²) < 4.78 is 31.6. The minimum atomic E-state index is -3.41. The molecule has 112 valence electrons. The molecule has 1 saturated heterocycles. The molecule has 0 saturated carbocycles. The third-order valence-corrected chi connectivity index (χ3v) is 4.99. The monoisotopic (exact) mass is 300 g/mol. The molecule has 0 bridgehead atoms. The molecule has 2 atom stereocenters. The average Bonchev–Trinajstić information content (AvgIpc) is 2.77. The van der Waals surface area contributed by atoms with Crippen LogP contribution in [-0.4, -0.2) is 49.1 Å². The van der Waals surface area contributed by atoms with Crippen LogP contribution >= 0.6 is 0 Å². The van der Waals surface area contributed by atoms with Crippen molar-refractivity contribution in [3.63, 3.8) is 0 Å². The largest absolute Gasteiger partial charge is 0.386 e. The van der Waals surface area contributed by atoms with Crippen molar-refractivity contribution in [3.8, 4) is 0 Å². The summed E-state index contributed by atoms with van der Waals surface area (Å²) in [5, 5.41) is 10.2. The van der Waals surface area contributed by atoms with Gasteiger partial charge in [-0.3, -0.25) is 4.98 Å². The number of nitrogens with zero attached hydrogens (tertiary/aromatic N) is 1. The number of aryl methyl sites for hydroxylation is 1. The Kier molecular flexibility index (Phi) is 4.74. The molecule has 6 nitrogen and oxygen atoms in total. The highest BCUT2D eigenvalue weighted by Crippen LogP contribution is 2.24. The van der Waals surface area contributed by atoms with Gasteiger partial charge in [0.15, 0.2) is 0 Å². The van der Waals surface area contributed by atoms with Crippen LogP contribution in [0.3, 0.4) is 0 Å². The van der Waals surface area contributed by atoms with E-state index in [1.165, 1.54) is 0 Å². The van der Waals surface area contributed by atoms with Gasteiger partial charge in [-0.15, -0.1) is 0 Å². The number of ether oxygens (including phenoxy) is 1. The van der Waals surface area contributed by atoms with Crippen LogP contribution in [0.1, 0.15) is 18.9 Å². The summed E-state index contributed by atoms with van der Waals surface area (Å²) >= 11 is 0. The number of hydrogen-bond acceptors (Lipinski definition) is 5. The molecule has 2 N–H and O–H groups in total. The standard InChI is InChI=1S/C13H20N2O4S/c1-11-13(16,5-8-19-11)10-15-20(17,18)9-4-12-2-6-14-7-3-12/h2-3,6-7,11,15-16H,4-5,8-10H2,1H3. The van der Waals surface area contributed by atoms with E-state index in [-0.39, 0.29) is 18.4 Å². The van der Waals surface area contributed by atoms with Gasteiger partial charge in [0.05, 0.1) is 11.9 Å². The number of aliphatic hydroxyl groups is 1. The van der Waals surface area contributed by atoms with Crippen molar-refractivity contribution in [2.45, 2.75) is 31.5 Å². The highest BCUT2D eigenvalue weighted by Gasteiger charge is 2.40. The average molecular weight is 300 g/mol. The molecule has 2 unspecified atom stereocenters. The Balaban J connectivity index is 1.85. The van der Waals surface area contributed by atoms with Crippen LogP contribution in [0.15, 0.2) is 24.5 Å². The van der Waals surface area contributed by atoms with Gasteiger partial charge in [0.25, 0.3) is 0 Å². The molecule has 1 aromatic heterocycles. The van der Waals surface area contributed by atoms with E-state index in [1.54, 1.807) is 31.5 Å². The van der Waals surface area contributed by atoms with E-state index >= 15 is 0 Å². The van der Waals surface area contributed by atoms with Gasteiger partial charge in [-0.25, -0.2) is 13.1 Å². The van der Waals surface area contributed by atoms with Crippen LogP contribution in [0.2, 0.25) is 0 Å². The first-order valence-electron chi connectivity index (χ1n) is 6.61. The summed E-state index contributed by atoms with van der Waals surface area (Å²) in [6, 6.07) is 3.58. The number of pyridine rings is 1. The van der Waals surface area contributed by atoms with Gasteiger partial charge in [0.2, 0.25) is 10.0 Å². The highest BCUT2D eigenvalue weighted by molar-refractivity contribution is 7.89. The summed E-state index contributed by atoms with van der Waals surface area (Å²) in [6.07, 6.45) is 3.78. The van der Waals surface area contributed by atoms with E-state index in [4.69, 9.17) is 4.74 Å². The van der Waals surface area contributed by atoms with Crippen molar-refractivity contribution in [2.24, 2.45) is 0 Å². The molecule has 0 aliphatic carbocycles. The summed E-state index contributed by atoms with van der Waals surface area (Å²) in [5.74, 6) is -0.0116. The molecular formula is C13H20N2O4S. The minimum Gasteiger partial charge on any atom is -0.386 e. The fraction of sp³-hybridized carbons (Fsp3) is 0.615. The maximum Gasteiger partial charge on any atom is 0.212 e. The Hall–Kier alpha value is -1.02. The summed E-state index contributed by atoms with van der Waals surface area (Å²) in [4.78, 5) is 3.88. The van der Waals surface area contributed by atoms with Crippen LogP contribution in [0.25, 0.3) is 0 Å². The zero-order valence-corrected chi connectivity index (χ0v) is 12.3. The van der Waals surface area contributed by atoms with Crippen LogP contribution in [0, 0.1) is 0 Å². The molecule has 2 heterocycles. The molecule has 7 heteroatoms. The quantitative estimate of drug-likeness (QED) is 0.777. The minimum absolute atomic E-state index is 0.00710. The lowest BCUT2D eigenvalue weighted by atomic mass is 9.97. The third-order valence-electron chi connectivity index (χ3n) is 3.67. The SMILES string of the molecule is CC1OCCC1(O)CNS(=O)(=O)CCc1ccncc1. The Morgan fingerprint density at radius 3 is 2.80 bits per heavy atom. The maximum atomic E-state index is 11.9. The second-order valence-corrected chi connectivity index (χ2v) is 7.04. The van der Waals surface area contributed by atoms with Gasteiger partial charge in [0.1, 0.15) is 5.60 Å². The number of nitrogens with one attached hydrogen (secondary N) is 1.